The summed E-state index contributed by atoms with van der Waals surface area (Å²) in [6, 6.07) is 26.0. The Morgan fingerprint density at radius 3 is 2.12 bits per heavy atom. The third-order valence-electron chi connectivity index (χ3n) is 4.27. The van der Waals surface area contributed by atoms with Crippen LogP contribution in [0.5, 0.6) is 0 Å². The van der Waals surface area contributed by atoms with E-state index in [4.69, 9.17) is 0 Å². The zero-order valence-corrected chi connectivity index (χ0v) is 13.4. The van der Waals surface area contributed by atoms with Crippen molar-refractivity contribution in [3.63, 3.8) is 0 Å². The van der Waals surface area contributed by atoms with Gasteiger partial charge in [0.1, 0.15) is 5.92 Å². The number of fused-ring (bicyclic) bond motifs is 1. The molecule has 3 aromatic carbocycles. The molecule has 122 valence electrons. The number of amides is 2. The molecule has 1 aliphatic heterocycles. The summed E-state index contributed by atoms with van der Waals surface area (Å²) < 4.78 is 0. The number of rotatable bonds is 3. The summed E-state index contributed by atoms with van der Waals surface area (Å²) in [5, 5.41) is 2.84. The number of nitrogens with zero attached hydrogens (tertiary/aromatic N) is 1. The fourth-order valence-corrected chi connectivity index (χ4v) is 3.15. The van der Waals surface area contributed by atoms with Crippen molar-refractivity contribution in [3.8, 4) is 0 Å². The van der Waals surface area contributed by atoms with E-state index in [1.54, 1.807) is 17.0 Å². The number of carbonyl (C=O) groups excluding carboxylic acids is 2. The zero-order valence-electron chi connectivity index (χ0n) is 13.4. The first kappa shape index (κ1) is 15.1. The normalized spacial score (nSPS) is 15.8. The lowest BCUT2D eigenvalue weighted by molar-refractivity contribution is -0.126. The van der Waals surface area contributed by atoms with Crippen LogP contribution in [0.15, 0.2) is 84.9 Å². The third kappa shape index (κ3) is 2.68. The van der Waals surface area contributed by atoms with Crippen LogP contribution < -0.4 is 10.2 Å². The van der Waals surface area contributed by atoms with Crippen LogP contribution >= 0.6 is 0 Å². The third-order valence-corrected chi connectivity index (χ3v) is 4.27. The molecule has 1 heterocycles. The molecule has 0 fully saturated rings. The van der Waals surface area contributed by atoms with Gasteiger partial charge < -0.3 is 5.32 Å². The van der Waals surface area contributed by atoms with Gasteiger partial charge >= 0.3 is 0 Å². The number of benzene rings is 3. The summed E-state index contributed by atoms with van der Waals surface area (Å²) in [5.41, 5.74) is 2.92. The Hall–Kier alpha value is -3.40. The molecule has 0 radical (unpaired) electrons. The van der Waals surface area contributed by atoms with E-state index in [0.717, 1.165) is 16.9 Å². The standard InChI is InChI=1S/C21H16N2O2/c24-20(22-15-9-3-1-4-10-15)19-17-13-7-8-14-18(17)23(21(19)25)16-11-5-2-6-12-16/h1-14,19H,(H,22,24)/t19-/m1/s1. The van der Waals surface area contributed by atoms with Crippen molar-refractivity contribution in [2.24, 2.45) is 0 Å². The van der Waals surface area contributed by atoms with E-state index in [1.165, 1.54) is 0 Å². The molecule has 0 aliphatic carbocycles. The van der Waals surface area contributed by atoms with Crippen LogP contribution in [0.1, 0.15) is 11.5 Å². The molecule has 0 spiro atoms. The lowest BCUT2D eigenvalue weighted by Gasteiger charge is -2.18. The second kappa shape index (κ2) is 6.24. The van der Waals surface area contributed by atoms with Gasteiger partial charge in [0.25, 0.3) is 0 Å². The number of nitrogens with one attached hydrogen (secondary N) is 1. The molecule has 0 saturated carbocycles. The van der Waals surface area contributed by atoms with Crippen LogP contribution in [-0.4, -0.2) is 11.8 Å². The van der Waals surface area contributed by atoms with E-state index >= 15 is 0 Å². The van der Waals surface area contributed by atoms with Gasteiger partial charge in [0, 0.05) is 11.4 Å². The lowest BCUT2D eigenvalue weighted by atomic mass is 10.00. The van der Waals surface area contributed by atoms with Crippen molar-refractivity contribution < 1.29 is 9.59 Å². The summed E-state index contributed by atoms with van der Waals surface area (Å²) >= 11 is 0. The molecule has 2 amide bonds. The Morgan fingerprint density at radius 2 is 1.40 bits per heavy atom. The molecule has 4 rings (SSSR count). The molecule has 0 bridgehead atoms. The fraction of sp³-hybridized carbons (Fsp3) is 0.0476. The Kier molecular flexibility index (Phi) is 3.78. The van der Waals surface area contributed by atoms with Crippen molar-refractivity contribution >= 4 is 28.9 Å². The fourth-order valence-electron chi connectivity index (χ4n) is 3.15. The first-order chi connectivity index (χ1) is 12.3. The summed E-state index contributed by atoms with van der Waals surface area (Å²) in [4.78, 5) is 27.5. The van der Waals surface area contributed by atoms with Gasteiger partial charge in [-0.2, -0.15) is 0 Å². The number of carbonyl (C=O) groups is 2. The van der Waals surface area contributed by atoms with E-state index in [0.29, 0.717) is 5.69 Å². The first-order valence-electron chi connectivity index (χ1n) is 8.09. The maximum atomic E-state index is 13.1. The molecule has 3 aromatic rings. The molecular weight excluding hydrogens is 312 g/mol. The second-order valence-electron chi connectivity index (χ2n) is 5.86. The van der Waals surface area contributed by atoms with Gasteiger partial charge in [0.2, 0.25) is 11.8 Å². The van der Waals surface area contributed by atoms with E-state index < -0.39 is 5.92 Å². The molecule has 1 atom stereocenters. The molecular formula is C21H16N2O2. The molecule has 0 saturated heterocycles. The van der Waals surface area contributed by atoms with Gasteiger partial charge in [-0.15, -0.1) is 0 Å². The van der Waals surface area contributed by atoms with Gasteiger partial charge in [-0.25, -0.2) is 0 Å². The van der Waals surface area contributed by atoms with Crippen LogP contribution in [-0.2, 0) is 9.59 Å². The van der Waals surface area contributed by atoms with Crippen molar-refractivity contribution in [3.05, 3.63) is 90.5 Å². The van der Waals surface area contributed by atoms with Crippen LogP contribution in [0.2, 0.25) is 0 Å². The Balaban J connectivity index is 1.72. The summed E-state index contributed by atoms with van der Waals surface area (Å²) in [7, 11) is 0. The molecule has 1 aliphatic rings. The average Bonchev–Trinajstić information content (AvgIpc) is 2.95. The molecule has 4 heteroatoms. The minimum absolute atomic E-state index is 0.235. The second-order valence-corrected chi connectivity index (χ2v) is 5.86. The largest absolute Gasteiger partial charge is 0.325 e. The molecule has 4 nitrogen and oxygen atoms in total. The summed E-state index contributed by atoms with van der Waals surface area (Å²) in [6.07, 6.45) is 0. The van der Waals surface area contributed by atoms with Gasteiger partial charge in [-0.3, -0.25) is 14.5 Å². The topological polar surface area (TPSA) is 49.4 Å². The van der Waals surface area contributed by atoms with Crippen molar-refractivity contribution in [1.82, 2.24) is 0 Å². The molecule has 0 aromatic heterocycles. The predicted molar refractivity (Wildman–Crippen MR) is 97.8 cm³/mol. The van der Waals surface area contributed by atoms with Crippen LogP contribution in [0.4, 0.5) is 17.1 Å². The van der Waals surface area contributed by atoms with Gasteiger partial charge in [-0.05, 0) is 35.9 Å². The highest BCUT2D eigenvalue weighted by Gasteiger charge is 2.42. The first-order valence-corrected chi connectivity index (χ1v) is 8.09. The minimum Gasteiger partial charge on any atom is -0.325 e. The average molecular weight is 328 g/mol. The highest BCUT2D eigenvalue weighted by Crippen LogP contribution is 2.42. The highest BCUT2D eigenvalue weighted by atomic mass is 16.2. The van der Waals surface area contributed by atoms with E-state index in [1.807, 2.05) is 72.8 Å². The van der Waals surface area contributed by atoms with Crippen LogP contribution in [0.25, 0.3) is 0 Å². The Labute approximate surface area is 145 Å². The number of anilines is 3. The van der Waals surface area contributed by atoms with E-state index in [9.17, 15) is 9.59 Å². The summed E-state index contributed by atoms with van der Waals surface area (Å²) in [6.45, 7) is 0. The molecule has 25 heavy (non-hydrogen) atoms. The Morgan fingerprint density at radius 1 is 0.800 bits per heavy atom. The number of para-hydroxylation sites is 3. The predicted octanol–water partition coefficient (Wildman–Crippen LogP) is 4.09. The van der Waals surface area contributed by atoms with Gasteiger partial charge in [-0.1, -0.05) is 54.6 Å². The van der Waals surface area contributed by atoms with Crippen molar-refractivity contribution in [2.75, 3.05) is 10.2 Å². The zero-order chi connectivity index (χ0) is 17.2. The summed E-state index contributed by atoms with van der Waals surface area (Å²) in [5.74, 6) is -1.40. The Bertz CT molecular complexity index is 923. The smallest absolute Gasteiger partial charge is 0.248 e. The van der Waals surface area contributed by atoms with Gasteiger partial charge in [0.05, 0.1) is 5.69 Å². The molecule has 1 N–H and O–H groups in total. The van der Waals surface area contributed by atoms with Gasteiger partial charge in [0.15, 0.2) is 0 Å². The van der Waals surface area contributed by atoms with E-state index in [2.05, 4.69) is 5.32 Å². The maximum Gasteiger partial charge on any atom is 0.248 e. The maximum absolute atomic E-state index is 13.1. The number of hydrogen-bond acceptors (Lipinski definition) is 2. The SMILES string of the molecule is O=C(Nc1ccccc1)[C@@H]1C(=O)N(c2ccccc2)c2ccccc21. The van der Waals surface area contributed by atoms with Crippen LogP contribution in [0, 0.1) is 0 Å². The van der Waals surface area contributed by atoms with Crippen molar-refractivity contribution in [2.45, 2.75) is 5.92 Å². The molecule has 0 unspecified atom stereocenters. The van der Waals surface area contributed by atoms with Crippen molar-refractivity contribution in [1.29, 1.82) is 0 Å². The quantitative estimate of drug-likeness (QED) is 0.736. The van der Waals surface area contributed by atoms with E-state index in [-0.39, 0.29) is 11.8 Å². The lowest BCUT2D eigenvalue weighted by Crippen LogP contribution is -2.31. The monoisotopic (exact) mass is 328 g/mol. The highest BCUT2D eigenvalue weighted by molar-refractivity contribution is 6.22. The van der Waals surface area contributed by atoms with Crippen LogP contribution in [0.3, 0.4) is 0 Å². The number of hydrogen-bond donors (Lipinski definition) is 1. The minimum atomic E-state index is -0.850.